The second-order valence-electron chi connectivity index (χ2n) is 10.0. The van der Waals surface area contributed by atoms with Crippen molar-refractivity contribution in [2.75, 3.05) is 12.9 Å². The van der Waals surface area contributed by atoms with Gasteiger partial charge in [-0.25, -0.2) is 0 Å². The monoisotopic (exact) mass is 564 g/mol. The van der Waals surface area contributed by atoms with Gasteiger partial charge in [-0.2, -0.15) is 0 Å². The van der Waals surface area contributed by atoms with E-state index >= 15 is 0 Å². The normalized spacial score (nSPS) is 14.4. The Morgan fingerprint density at radius 3 is 2.41 bits per heavy atom. The molecule has 1 aliphatic carbocycles. The number of hydrogen-bond donors (Lipinski definition) is 1. The maximum atomic E-state index is 13.9. The molecule has 7 heteroatoms. The van der Waals surface area contributed by atoms with Crippen molar-refractivity contribution < 1.29 is 14.3 Å². The van der Waals surface area contributed by atoms with Crippen LogP contribution >= 0.6 is 23.4 Å². The van der Waals surface area contributed by atoms with E-state index in [9.17, 15) is 9.59 Å². The third kappa shape index (κ3) is 9.04. The molecule has 1 fully saturated rings. The lowest BCUT2D eigenvalue weighted by Gasteiger charge is -2.33. The molecule has 0 saturated heterocycles. The maximum absolute atomic E-state index is 13.9. The van der Waals surface area contributed by atoms with Crippen molar-refractivity contribution in [3.8, 4) is 5.75 Å². The lowest BCUT2D eigenvalue weighted by atomic mass is 9.94. The number of rotatable bonds is 12. The summed E-state index contributed by atoms with van der Waals surface area (Å²) in [5, 5.41) is 3.97. The van der Waals surface area contributed by atoms with Crippen LogP contribution in [0.1, 0.15) is 48.8 Å². The Balaban J connectivity index is 1.58. The first kappa shape index (κ1) is 29.0. The van der Waals surface area contributed by atoms with Gasteiger partial charge < -0.3 is 15.0 Å². The van der Waals surface area contributed by atoms with Crippen molar-refractivity contribution in [1.82, 2.24) is 10.2 Å². The zero-order valence-corrected chi connectivity index (χ0v) is 24.1. The van der Waals surface area contributed by atoms with Gasteiger partial charge in [0.1, 0.15) is 11.8 Å². The lowest BCUT2D eigenvalue weighted by molar-refractivity contribution is -0.139. The molecule has 4 rings (SSSR count). The average Bonchev–Trinajstić information content (AvgIpc) is 2.96. The Kier molecular flexibility index (Phi) is 11.2. The fourth-order valence-corrected chi connectivity index (χ4v) is 6.10. The number of methoxy groups -OCH3 is 1. The second kappa shape index (κ2) is 15.0. The molecule has 206 valence electrons. The Bertz CT molecular complexity index is 1220. The van der Waals surface area contributed by atoms with E-state index in [-0.39, 0.29) is 23.6 Å². The van der Waals surface area contributed by atoms with Crippen LogP contribution < -0.4 is 10.1 Å². The van der Waals surface area contributed by atoms with E-state index in [1.807, 2.05) is 78.9 Å². The van der Waals surface area contributed by atoms with Crippen molar-refractivity contribution in [1.29, 1.82) is 0 Å². The minimum absolute atomic E-state index is 0.0652. The molecule has 3 aromatic rings. The van der Waals surface area contributed by atoms with Crippen LogP contribution in [-0.4, -0.2) is 41.7 Å². The summed E-state index contributed by atoms with van der Waals surface area (Å²) in [5.74, 6) is 1.50. The molecule has 0 spiro atoms. The number of thioether (sulfide) groups is 1. The predicted molar refractivity (Wildman–Crippen MR) is 160 cm³/mol. The van der Waals surface area contributed by atoms with Crippen LogP contribution in [0.25, 0.3) is 0 Å². The highest BCUT2D eigenvalue weighted by atomic mass is 35.5. The van der Waals surface area contributed by atoms with Crippen LogP contribution in [-0.2, 0) is 28.3 Å². The van der Waals surface area contributed by atoms with Crippen molar-refractivity contribution >= 4 is 35.2 Å². The Labute approximate surface area is 241 Å². The van der Waals surface area contributed by atoms with E-state index in [4.69, 9.17) is 16.3 Å². The summed E-state index contributed by atoms with van der Waals surface area (Å²) in [4.78, 5) is 29.5. The molecule has 2 amide bonds. The zero-order chi connectivity index (χ0) is 27.5. The number of ether oxygens (including phenoxy) is 1. The molecule has 0 aliphatic heterocycles. The first-order chi connectivity index (χ1) is 19.0. The van der Waals surface area contributed by atoms with Crippen LogP contribution in [0.15, 0.2) is 78.9 Å². The summed E-state index contributed by atoms with van der Waals surface area (Å²) in [6.45, 7) is 0.323. The molecule has 0 radical (unpaired) electrons. The summed E-state index contributed by atoms with van der Waals surface area (Å²) in [6, 6.07) is 24.9. The van der Waals surface area contributed by atoms with Gasteiger partial charge in [0.25, 0.3) is 0 Å². The first-order valence-corrected chi connectivity index (χ1v) is 15.1. The Morgan fingerprint density at radius 2 is 1.67 bits per heavy atom. The quantitative estimate of drug-likeness (QED) is 0.267. The molecule has 1 N–H and O–H groups in total. The van der Waals surface area contributed by atoms with Gasteiger partial charge in [0.15, 0.2) is 0 Å². The molecule has 1 atom stereocenters. The Morgan fingerprint density at radius 1 is 0.949 bits per heavy atom. The molecule has 5 nitrogen and oxygen atoms in total. The number of halogens is 1. The van der Waals surface area contributed by atoms with Crippen LogP contribution in [0, 0.1) is 0 Å². The molecular formula is C32H37ClN2O3S. The number of carbonyl (C=O) groups excluding carboxylic acids is 2. The van der Waals surface area contributed by atoms with Gasteiger partial charge in [0, 0.05) is 29.8 Å². The van der Waals surface area contributed by atoms with Gasteiger partial charge in [0.05, 0.1) is 12.9 Å². The van der Waals surface area contributed by atoms with Gasteiger partial charge in [-0.15, -0.1) is 11.8 Å². The minimum Gasteiger partial charge on any atom is -0.497 e. The summed E-state index contributed by atoms with van der Waals surface area (Å²) >= 11 is 7.68. The van der Waals surface area contributed by atoms with Crippen LogP contribution in [0.3, 0.4) is 0 Å². The zero-order valence-electron chi connectivity index (χ0n) is 22.5. The molecule has 1 unspecified atom stereocenters. The summed E-state index contributed by atoms with van der Waals surface area (Å²) in [6.07, 6.45) is 5.90. The second-order valence-corrected chi connectivity index (χ2v) is 11.5. The lowest BCUT2D eigenvalue weighted by Crippen LogP contribution is -2.53. The minimum atomic E-state index is -0.625. The van der Waals surface area contributed by atoms with Gasteiger partial charge in [-0.1, -0.05) is 85.5 Å². The molecule has 0 aromatic heterocycles. The van der Waals surface area contributed by atoms with Crippen LogP contribution in [0.4, 0.5) is 0 Å². The number of nitrogens with one attached hydrogen (secondary N) is 1. The molecule has 0 heterocycles. The van der Waals surface area contributed by atoms with Gasteiger partial charge in [-0.3, -0.25) is 9.59 Å². The Hall–Kier alpha value is -2.96. The highest BCUT2D eigenvalue weighted by molar-refractivity contribution is 7.99. The summed E-state index contributed by atoms with van der Waals surface area (Å²) in [5.41, 5.74) is 3.01. The smallest absolute Gasteiger partial charge is 0.243 e. The van der Waals surface area contributed by atoms with E-state index in [0.717, 1.165) is 48.1 Å². The van der Waals surface area contributed by atoms with Crippen molar-refractivity contribution in [2.24, 2.45) is 0 Å². The molecule has 39 heavy (non-hydrogen) atoms. The average molecular weight is 565 g/mol. The third-order valence-corrected chi connectivity index (χ3v) is 8.32. The van der Waals surface area contributed by atoms with Crippen molar-refractivity contribution in [3.05, 3.63) is 101 Å². The molecule has 1 aliphatic rings. The maximum Gasteiger partial charge on any atom is 0.243 e. The number of nitrogens with zero attached hydrogens (tertiary/aromatic N) is 1. The first-order valence-electron chi connectivity index (χ1n) is 13.6. The van der Waals surface area contributed by atoms with Gasteiger partial charge >= 0.3 is 0 Å². The number of benzene rings is 3. The van der Waals surface area contributed by atoms with Crippen LogP contribution in [0.5, 0.6) is 5.75 Å². The van der Waals surface area contributed by atoms with Gasteiger partial charge in [0.2, 0.25) is 11.8 Å². The fraction of sp³-hybridized carbons (Fsp3) is 0.375. The van der Waals surface area contributed by atoms with E-state index in [0.29, 0.717) is 23.7 Å². The van der Waals surface area contributed by atoms with E-state index < -0.39 is 6.04 Å². The molecule has 0 bridgehead atoms. The number of amides is 2. The largest absolute Gasteiger partial charge is 0.497 e. The van der Waals surface area contributed by atoms with Crippen molar-refractivity contribution in [3.63, 3.8) is 0 Å². The van der Waals surface area contributed by atoms with E-state index in [1.165, 1.54) is 18.2 Å². The van der Waals surface area contributed by atoms with Crippen molar-refractivity contribution in [2.45, 2.75) is 62.9 Å². The molecule has 1 saturated carbocycles. The highest BCUT2D eigenvalue weighted by Crippen LogP contribution is 2.23. The molecular weight excluding hydrogens is 528 g/mol. The number of hydrogen-bond acceptors (Lipinski definition) is 4. The summed E-state index contributed by atoms with van der Waals surface area (Å²) < 4.78 is 5.43. The fourth-order valence-electron chi connectivity index (χ4n) is 5.03. The molecule has 3 aromatic carbocycles. The topological polar surface area (TPSA) is 58.6 Å². The van der Waals surface area contributed by atoms with E-state index in [2.05, 4.69) is 5.32 Å². The van der Waals surface area contributed by atoms with E-state index in [1.54, 1.807) is 12.0 Å². The SMILES string of the molecule is COc1cccc(CN(C(=O)CSCc2cccc(Cl)c2)C(Cc2ccccc2)C(=O)NC2CCCCC2)c1. The van der Waals surface area contributed by atoms with Crippen LogP contribution in [0.2, 0.25) is 5.02 Å². The standard InChI is InChI=1S/C32H37ClN2O3S/c1-38-29-17-9-12-25(19-29)21-35(31(36)23-39-22-26-13-8-14-27(33)18-26)30(20-24-10-4-2-5-11-24)32(37)34-28-15-6-3-7-16-28/h2,4-5,8-14,17-19,28,30H,3,6-7,15-16,20-23H2,1H3,(H,34,37). The third-order valence-electron chi connectivity index (χ3n) is 7.09. The number of carbonyl (C=O) groups is 2. The van der Waals surface area contributed by atoms with Gasteiger partial charge in [-0.05, 0) is 53.8 Å². The predicted octanol–water partition coefficient (Wildman–Crippen LogP) is 6.67. The summed E-state index contributed by atoms with van der Waals surface area (Å²) in [7, 11) is 1.63. The highest BCUT2D eigenvalue weighted by Gasteiger charge is 2.32.